The van der Waals surface area contributed by atoms with E-state index >= 15 is 0 Å². The van der Waals surface area contributed by atoms with Crippen LogP contribution in [0.2, 0.25) is 0 Å². The summed E-state index contributed by atoms with van der Waals surface area (Å²) in [5.41, 5.74) is 12.8. The average Bonchev–Trinajstić information content (AvgIpc) is 3.00. The minimum absolute atomic E-state index is 0.0790. The number of ether oxygens (including phenoxy) is 1. The highest BCUT2D eigenvalue weighted by Gasteiger charge is 2.28. The Morgan fingerprint density at radius 3 is 2.30 bits per heavy atom. The molecule has 1 unspecified atom stereocenters. The number of carbonyl (C=O) groups excluding carboxylic acids is 2. The monoisotopic (exact) mass is 585 g/mol. The molecule has 1 saturated heterocycles. The first kappa shape index (κ1) is 32.2. The third kappa shape index (κ3) is 8.00. The Hall–Kier alpha value is -3.75. The molecule has 3 aromatic rings. The van der Waals surface area contributed by atoms with Gasteiger partial charge < -0.3 is 25.6 Å². The molecule has 3 N–H and O–H groups in total. The number of amides is 1. The van der Waals surface area contributed by atoms with Crippen LogP contribution in [0.3, 0.4) is 0 Å². The Morgan fingerprint density at radius 2 is 1.72 bits per heavy atom. The molecule has 0 spiro atoms. The van der Waals surface area contributed by atoms with E-state index in [-0.39, 0.29) is 11.7 Å². The predicted molar refractivity (Wildman–Crippen MR) is 173 cm³/mol. The molecule has 230 valence electrons. The number of pyridine rings is 1. The number of carbonyl (C=O) groups is 2. The Labute approximate surface area is 256 Å². The largest absolute Gasteiger partial charge is 0.497 e. The van der Waals surface area contributed by atoms with Crippen molar-refractivity contribution in [2.45, 2.75) is 78.6 Å². The molecule has 4 rings (SSSR count). The lowest BCUT2D eigenvalue weighted by molar-refractivity contribution is -0.118. The van der Waals surface area contributed by atoms with Gasteiger partial charge in [0.25, 0.3) is 5.91 Å². The van der Waals surface area contributed by atoms with Gasteiger partial charge in [-0.2, -0.15) is 0 Å². The molecular formula is C35H47N5O3. The number of ketones is 1. The van der Waals surface area contributed by atoms with Gasteiger partial charge in [0.2, 0.25) is 0 Å². The molecule has 0 aliphatic carbocycles. The summed E-state index contributed by atoms with van der Waals surface area (Å²) in [5.74, 6) is 0.687. The Kier molecular flexibility index (Phi) is 10.9. The molecule has 2 aromatic carbocycles. The number of piperidine rings is 1. The third-order valence-electron chi connectivity index (χ3n) is 8.88. The standard InChI is InChI=1S/C35H47N5O3/c1-23-11-15-37-21-29(23)22-40(30-7-9-32(43-6)10-8-30)31-13-17-39(18-14-31)26(4)12-16-38-35(42)33-24(2)19-28(20-25(33)3)34(36)27(5)41/h7-11,15,19-21,26,31,34H,12-14,16-18,22,36H2,1-6H3,(H,38,42)/t26-,34?/m1/s1. The topological polar surface area (TPSA) is 101 Å². The first-order valence-corrected chi connectivity index (χ1v) is 15.3. The van der Waals surface area contributed by atoms with Crippen molar-refractivity contribution in [3.8, 4) is 5.75 Å². The van der Waals surface area contributed by atoms with E-state index < -0.39 is 6.04 Å². The molecule has 1 fully saturated rings. The minimum atomic E-state index is -0.665. The van der Waals surface area contributed by atoms with E-state index in [9.17, 15) is 9.59 Å². The van der Waals surface area contributed by atoms with Gasteiger partial charge in [0, 0.05) is 61.9 Å². The van der Waals surface area contributed by atoms with E-state index in [0.717, 1.165) is 61.3 Å². The van der Waals surface area contributed by atoms with Crippen molar-refractivity contribution in [3.63, 3.8) is 0 Å². The van der Waals surface area contributed by atoms with Gasteiger partial charge in [-0.05, 0) is 112 Å². The number of Topliss-reactive ketones (excluding diaryl/α,β-unsaturated/α-hetero) is 1. The molecule has 8 heteroatoms. The predicted octanol–water partition coefficient (Wildman–Crippen LogP) is 5.28. The highest BCUT2D eigenvalue weighted by Crippen LogP contribution is 2.29. The summed E-state index contributed by atoms with van der Waals surface area (Å²) in [6.45, 7) is 13.1. The van der Waals surface area contributed by atoms with Crippen LogP contribution in [0.25, 0.3) is 0 Å². The lowest BCUT2D eigenvalue weighted by atomic mass is 9.94. The number of aryl methyl sites for hydroxylation is 3. The van der Waals surface area contributed by atoms with E-state index in [1.54, 1.807) is 7.11 Å². The van der Waals surface area contributed by atoms with Crippen molar-refractivity contribution < 1.29 is 14.3 Å². The molecular weight excluding hydrogens is 538 g/mol. The maximum absolute atomic E-state index is 13.1. The zero-order valence-electron chi connectivity index (χ0n) is 26.5. The van der Waals surface area contributed by atoms with Crippen LogP contribution in [0, 0.1) is 20.8 Å². The molecule has 1 amide bonds. The van der Waals surface area contributed by atoms with Gasteiger partial charge in [0.15, 0.2) is 5.78 Å². The number of methoxy groups -OCH3 is 1. The van der Waals surface area contributed by atoms with Gasteiger partial charge >= 0.3 is 0 Å². The van der Waals surface area contributed by atoms with E-state index in [1.807, 2.05) is 50.5 Å². The number of nitrogens with two attached hydrogens (primary N) is 1. The number of rotatable bonds is 12. The van der Waals surface area contributed by atoms with Gasteiger partial charge in [-0.1, -0.05) is 12.1 Å². The molecule has 1 aliphatic heterocycles. The van der Waals surface area contributed by atoms with Crippen molar-refractivity contribution in [2.75, 3.05) is 31.6 Å². The minimum Gasteiger partial charge on any atom is -0.497 e. The Balaban J connectivity index is 1.33. The summed E-state index contributed by atoms with van der Waals surface area (Å²) in [6.07, 6.45) is 6.84. The van der Waals surface area contributed by atoms with Crippen LogP contribution in [-0.2, 0) is 11.3 Å². The number of aromatic nitrogens is 1. The fourth-order valence-electron chi connectivity index (χ4n) is 6.12. The molecule has 0 radical (unpaired) electrons. The quantitative estimate of drug-likeness (QED) is 0.298. The van der Waals surface area contributed by atoms with E-state index in [0.29, 0.717) is 24.2 Å². The molecule has 1 aliphatic rings. The normalized spacial score (nSPS) is 15.5. The van der Waals surface area contributed by atoms with Crippen LogP contribution in [0.15, 0.2) is 54.9 Å². The molecule has 2 heterocycles. The first-order valence-electron chi connectivity index (χ1n) is 15.3. The van der Waals surface area contributed by atoms with Crippen molar-refractivity contribution in [1.29, 1.82) is 0 Å². The number of hydrogen-bond acceptors (Lipinski definition) is 7. The summed E-state index contributed by atoms with van der Waals surface area (Å²) < 4.78 is 5.40. The SMILES string of the molecule is COc1ccc(N(Cc2cnccc2C)C2CCN([C@H](C)CCNC(=O)c3c(C)cc(C(N)C(C)=O)cc3C)CC2)cc1. The fourth-order valence-corrected chi connectivity index (χ4v) is 6.12. The lowest BCUT2D eigenvalue weighted by Crippen LogP contribution is -2.48. The third-order valence-corrected chi connectivity index (χ3v) is 8.88. The van der Waals surface area contributed by atoms with Crippen molar-refractivity contribution in [2.24, 2.45) is 5.73 Å². The van der Waals surface area contributed by atoms with Crippen LogP contribution in [-0.4, -0.2) is 60.4 Å². The zero-order chi connectivity index (χ0) is 31.1. The highest BCUT2D eigenvalue weighted by atomic mass is 16.5. The van der Waals surface area contributed by atoms with Crippen LogP contribution in [0.5, 0.6) is 5.75 Å². The molecule has 0 saturated carbocycles. The van der Waals surface area contributed by atoms with Crippen LogP contribution < -0.4 is 20.7 Å². The summed E-state index contributed by atoms with van der Waals surface area (Å²) >= 11 is 0. The van der Waals surface area contributed by atoms with Crippen LogP contribution in [0.1, 0.15) is 77.3 Å². The number of anilines is 1. The second-order valence-corrected chi connectivity index (χ2v) is 11.9. The van der Waals surface area contributed by atoms with Crippen molar-refractivity contribution in [3.05, 3.63) is 88.2 Å². The van der Waals surface area contributed by atoms with Gasteiger partial charge in [-0.25, -0.2) is 0 Å². The van der Waals surface area contributed by atoms with Crippen LogP contribution in [0.4, 0.5) is 5.69 Å². The number of nitrogens with zero attached hydrogens (tertiary/aromatic N) is 3. The van der Waals surface area contributed by atoms with Gasteiger partial charge in [0.1, 0.15) is 5.75 Å². The summed E-state index contributed by atoms with van der Waals surface area (Å²) in [4.78, 5) is 34.3. The number of benzene rings is 2. The molecule has 8 nitrogen and oxygen atoms in total. The summed E-state index contributed by atoms with van der Waals surface area (Å²) in [5, 5.41) is 3.12. The van der Waals surface area contributed by atoms with Gasteiger partial charge in [-0.3, -0.25) is 14.6 Å². The first-order chi connectivity index (χ1) is 20.6. The molecule has 1 aromatic heterocycles. The van der Waals surface area contributed by atoms with E-state index in [4.69, 9.17) is 10.5 Å². The number of nitrogens with one attached hydrogen (secondary N) is 1. The molecule has 0 bridgehead atoms. The summed E-state index contributed by atoms with van der Waals surface area (Å²) in [6, 6.07) is 14.2. The number of likely N-dealkylation sites (tertiary alicyclic amines) is 1. The number of hydrogen-bond donors (Lipinski definition) is 2. The molecule has 43 heavy (non-hydrogen) atoms. The fraction of sp³-hybridized carbons (Fsp3) is 0.457. The average molecular weight is 586 g/mol. The van der Waals surface area contributed by atoms with Gasteiger partial charge in [-0.15, -0.1) is 0 Å². The maximum atomic E-state index is 13.1. The van der Waals surface area contributed by atoms with Crippen molar-refractivity contribution >= 4 is 17.4 Å². The highest BCUT2D eigenvalue weighted by molar-refractivity contribution is 5.97. The summed E-state index contributed by atoms with van der Waals surface area (Å²) in [7, 11) is 1.70. The lowest BCUT2D eigenvalue weighted by Gasteiger charge is -2.42. The smallest absolute Gasteiger partial charge is 0.251 e. The van der Waals surface area contributed by atoms with Crippen molar-refractivity contribution in [1.82, 2.24) is 15.2 Å². The zero-order valence-corrected chi connectivity index (χ0v) is 26.5. The van der Waals surface area contributed by atoms with E-state index in [1.165, 1.54) is 23.7 Å². The Bertz CT molecular complexity index is 1380. The Morgan fingerprint density at radius 1 is 1.07 bits per heavy atom. The van der Waals surface area contributed by atoms with E-state index in [2.05, 4.69) is 52.1 Å². The van der Waals surface area contributed by atoms with Crippen LogP contribution >= 0.6 is 0 Å². The second kappa shape index (κ2) is 14.6. The molecule has 2 atom stereocenters. The van der Waals surface area contributed by atoms with Gasteiger partial charge in [0.05, 0.1) is 13.2 Å². The maximum Gasteiger partial charge on any atom is 0.251 e. The second-order valence-electron chi connectivity index (χ2n) is 11.9.